The van der Waals surface area contributed by atoms with E-state index in [2.05, 4.69) is 15.9 Å². The highest BCUT2D eigenvalue weighted by Crippen LogP contribution is 2.56. The highest BCUT2D eigenvalue weighted by atomic mass is 79.9. The van der Waals surface area contributed by atoms with E-state index < -0.39 is 17.8 Å². The Labute approximate surface area is 198 Å². The number of phenols is 1. The molecule has 33 heavy (non-hydrogen) atoms. The molecule has 1 aromatic rings. The molecule has 170 valence electrons. The smallest absolute Gasteiger partial charge is 0.233 e. The molecule has 1 heterocycles. The number of ether oxygens (including phenoxy) is 1. The normalized spacial score (nSPS) is 28.9. The summed E-state index contributed by atoms with van der Waals surface area (Å²) in [5, 5.41) is 9.97. The number of aromatic hydroxyl groups is 1. The summed E-state index contributed by atoms with van der Waals surface area (Å²) < 4.78 is 5.71. The molecule has 1 N–H and O–H groups in total. The van der Waals surface area contributed by atoms with E-state index in [9.17, 15) is 24.3 Å². The SMILES string of the molecule is CCN1C(=O)[C@H]2[C@H](CC=C3[C@H](c4ccc(O)cc4OC)C4=C(C[C@H]32)C(=O)C(Br)=CC4=O)C1=O. The molecule has 0 unspecified atom stereocenters. The molecule has 0 saturated carbocycles. The number of hydrogen-bond acceptors (Lipinski definition) is 6. The number of halogens is 1. The largest absolute Gasteiger partial charge is 0.508 e. The zero-order chi connectivity index (χ0) is 23.6. The quantitative estimate of drug-likeness (QED) is 0.380. The maximum Gasteiger partial charge on any atom is 0.233 e. The number of fused-ring (bicyclic) bond motifs is 3. The van der Waals surface area contributed by atoms with Crippen molar-refractivity contribution in [1.82, 2.24) is 4.90 Å². The third-order valence-corrected chi connectivity index (χ3v) is 7.86. The van der Waals surface area contributed by atoms with Crippen LogP contribution in [0.2, 0.25) is 0 Å². The number of likely N-dealkylation sites (tertiary alicyclic amines) is 1. The Morgan fingerprint density at radius 3 is 2.61 bits per heavy atom. The van der Waals surface area contributed by atoms with Crippen molar-refractivity contribution in [2.24, 2.45) is 17.8 Å². The second-order valence-corrected chi connectivity index (χ2v) is 9.59. The van der Waals surface area contributed by atoms with Crippen LogP contribution in [0, 0.1) is 17.8 Å². The minimum atomic E-state index is -0.609. The van der Waals surface area contributed by atoms with E-state index in [1.54, 1.807) is 13.0 Å². The number of phenolic OH excluding ortho intramolecular Hbond substituents is 1. The van der Waals surface area contributed by atoms with Gasteiger partial charge in [0.2, 0.25) is 11.8 Å². The first kappa shape index (κ1) is 21.8. The van der Waals surface area contributed by atoms with Crippen LogP contribution < -0.4 is 4.74 Å². The van der Waals surface area contributed by atoms with E-state index in [-0.39, 0.29) is 46.0 Å². The minimum absolute atomic E-state index is 0.0127. The van der Waals surface area contributed by atoms with Crippen LogP contribution in [-0.2, 0) is 19.2 Å². The Kier molecular flexibility index (Phi) is 5.16. The summed E-state index contributed by atoms with van der Waals surface area (Å²) in [5.74, 6) is -2.56. The van der Waals surface area contributed by atoms with Gasteiger partial charge in [0.1, 0.15) is 11.5 Å². The molecule has 2 amide bonds. The van der Waals surface area contributed by atoms with Crippen LogP contribution in [-0.4, -0.2) is 47.0 Å². The number of methoxy groups -OCH3 is 1. The van der Waals surface area contributed by atoms with E-state index in [0.29, 0.717) is 35.4 Å². The highest BCUT2D eigenvalue weighted by Gasteiger charge is 2.56. The van der Waals surface area contributed by atoms with Gasteiger partial charge in [0.25, 0.3) is 0 Å². The molecule has 0 aromatic heterocycles. The molecule has 0 radical (unpaired) electrons. The molecule has 5 rings (SSSR count). The maximum absolute atomic E-state index is 13.2. The van der Waals surface area contributed by atoms with Gasteiger partial charge in [0.05, 0.1) is 23.4 Å². The highest BCUT2D eigenvalue weighted by molar-refractivity contribution is 9.12. The fourth-order valence-corrected chi connectivity index (χ4v) is 6.32. The molecule has 3 aliphatic carbocycles. The Morgan fingerprint density at radius 2 is 1.91 bits per heavy atom. The van der Waals surface area contributed by atoms with Gasteiger partial charge in [-0.1, -0.05) is 17.7 Å². The number of nitrogens with zero attached hydrogens (tertiary/aromatic N) is 1. The van der Waals surface area contributed by atoms with Crippen molar-refractivity contribution in [2.75, 3.05) is 13.7 Å². The van der Waals surface area contributed by atoms with Crippen molar-refractivity contribution >= 4 is 39.3 Å². The van der Waals surface area contributed by atoms with E-state index in [0.717, 1.165) is 5.57 Å². The van der Waals surface area contributed by atoms with Crippen LogP contribution in [0.5, 0.6) is 11.5 Å². The van der Waals surface area contributed by atoms with E-state index in [4.69, 9.17) is 4.74 Å². The molecular formula is C25H22BrNO6. The van der Waals surface area contributed by atoms with Gasteiger partial charge < -0.3 is 9.84 Å². The van der Waals surface area contributed by atoms with Crippen molar-refractivity contribution in [3.63, 3.8) is 0 Å². The summed E-state index contributed by atoms with van der Waals surface area (Å²) in [6.07, 6.45) is 3.88. The van der Waals surface area contributed by atoms with Crippen molar-refractivity contribution in [2.45, 2.75) is 25.7 Å². The van der Waals surface area contributed by atoms with Crippen LogP contribution >= 0.6 is 15.9 Å². The van der Waals surface area contributed by atoms with Gasteiger partial charge in [-0.3, -0.25) is 24.1 Å². The average molecular weight is 512 g/mol. The van der Waals surface area contributed by atoms with Gasteiger partial charge in [-0.25, -0.2) is 0 Å². The maximum atomic E-state index is 13.2. The van der Waals surface area contributed by atoms with Crippen molar-refractivity contribution in [3.8, 4) is 11.5 Å². The second kappa shape index (κ2) is 7.80. The monoisotopic (exact) mass is 511 g/mol. The van der Waals surface area contributed by atoms with Crippen LogP contribution in [0.15, 0.2) is 51.6 Å². The third kappa shape index (κ3) is 3.07. The first-order valence-corrected chi connectivity index (χ1v) is 11.7. The van der Waals surface area contributed by atoms with Gasteiger partial charge in [0, 0.05) is 41.3 Å². The van der Waals surface area contributed by atoms with Gasteiger partial charge in [-0.2, -0.15) is 0 Å². The predicted molar refractivity (Wildman–Crippen MR) is 122 cm³/mol. The molecule has 4 aliphatic rings. The van der Waals surface area contributed by atoms with E-state index in [1.807, 2.05) is 6.08 Å². The average Bonchev–Trinajstić information content (AvgIpc) is 3.05. The predicted octanol–water partition coefficient (Wildman–Crippen LogP) is 3.18. The molecule has 1 aromatic carbocycles. The summed E-state index contributed by atoms with van der Waals surface area (Å²) in [6, 6.07) is 4.66. The number of amides is 2. The summed E-state index contributed by atoms with van der Waals surface area (Å²) in [7, 11) is 1.47. The van der Waals surface area contributed by atoms with Gasteiger partial charge in [-0.15, -0.1) is 0 Å². The first-order valence-electron chi connectivity index (χ1n) is 10.9. The lowest BCUT2D eigenvalue weighted by molar-refractivity contribution is -0.139. The number of carbonyl (C=O) groups is 4. The van der Waals surface area contributed by atoms with Crippen LogP contribution in [0.4, 0.5) is 0 Å². The molecule has 1 aliphatic heterocycles. The van der Waals surface area contributed by atoms with E-state index in [1.165, 1.54) is 30.2 Å². The van der Waals surface area contributed by atoms with E-state index >= 15 is 0 Å². The number of imide groups is 1. The first-order chi connectivity index (χ1) is 15.8. The summed E-state index contributed by atoms with van der Waals surface area (Å²) in [4.78, 5) is 53.8. The van der Waals surface area contributed by atoms with Crippen molar-refractivity contribution < 1.29 is 29.0 Å². The number of ketones is 2. The number of rotatable bonds is 3. The fourth-order valence-electron chi connectivity index (χ4n) is 5.88. The van der Waals surface area contributed by atoms with Gasteiger partial charge >= 0.3 is 0 Å². The lowest BCUT2D eigenvalue weighted by atomic mass is 9.59. The fraction of sp³-hybridized carbons (Fsp3) is 0.360. The Balaban J connectivity index is 1.73. The lowest BCUT2D eigenvalue weighted by Crippen LogP contribution is -2.39. The van der Waals surface area contributed by atoms with Gasteiger partial charge in [-0.05, 0) is 47.7 Å². The molecule has 1 saturated heterocycles. The number of Topliss-reactive ketones (excluding diaryl/α,β-unsaturated/α-hetero) is 1. The molecule has 0 spiro atoms. The summed E-state index contributed by atoms with van der Waals surface area (Å²) >= 11 is 3.21. The Hall–Kier alpha value is -3.00. The molecule has 0 bridgehead atoms. The number of benzene rings is 1. The molecule has 8 heteroatoms. The standard InChI is InChI=1S/C25H22BrNO6/c1-3-27-24(31)14-7-6-12-15(21(14)25(27)32)9-16-22(18(29)10-17(26)23(16)30)20(12)13-5-4-11(28)8-19(13)33-2/h4-6,8,10,14-15,20-21,28H,3,7,9H2,1-2H3/t14-,15+,20+,21-/m0/s1. The number of carbonyl (C=O) groups excluding carboxylic acids is 4. The minimum Gasteiger partial charge on any atom is -0.508 e. The Morgan fingerprint density at radius 1 is 1.15 bits per heavy atom. The second-order valence-electron chi connectivity index (χ2n) is 8.74. The van der Waals surface area contributed by atoms with Crippen LogP contribution in [0.25, 0.3) is 0 Å². The molecular weight excluding hydrogens is 490 g/mol. The third-order valence-electron chi connectivity index (χ3n) is 7.27. The lowest BCUT2D eigenvalue weighted by Gasteiger charge is -2.42. The topological polar surface area (TPSA) is 101 Å². The van der Waals surface area contributed by atoms with Crippen LogP contribution in [0.3, 0.4) is 0 Å². The Bertz CT molecular complexity index is 1230. The zero-order valence-electron chi connectivity index (χ0n) is 18.1. The zero-order valence-corrected chi connectivity index (χ0v) is 19.7. The summed E-state index contributed by atoms with van der Waals surface area (Å²) in [5.41, 5.74) is 2.23. The molecule has 7 nitrogen and oxygen atoms in total. The number of hydrogen-bond donors (Lipinski definition) is 1. The summed E-state index contributed by atoms with van der Waals surface area (Å²) in [6.45, 7) is 2.08. The molecule has 1 fully saturated rings. The van der Waals surface area contributed by atoms with Crippen molar-refractivity contribution in [3.05, 3.63) is 57.1 Å². The van der Waals surface area contributed by atoms with Gasteiger partial charge in [0.15, 0.2) is 11.6 Å². The van der Waals surface area contributed by atoms with Crippen LogP contribution in [0.1, 0.15) is 31.2 Å². The number of allylic oxidation sites excluding steroid dienone is 6. The van der Waals surface area contributed by atoms with Crippen molar-refractivity contribution in [1.29, 1.82) is 0 Å². The molecule has 4 atom stereocenters.